The number of fused-ring (bicyclic) bond motifs is 6. The average molecular weight is 367 g/mol. The molecule has 0 N–H and O–H groups in total. The number of ether oxygens (including phenoxy) is 1. The Labute approximate surface area is 141 Å². The van der Waals surface area contributed by atoms with Crippen LogP contribution in [0.3, 0.4) is 0 Å². The quantitative estimate of drug-likeness (QED) is 0.471. The summed E-state index contributed by atoms with van der Waals surface area (Å²) in [5, 5.41) is 0. The van der Waals surface area contributed by atoms with Gasteiger partial charge in [0.25, 0.3) is 0 Å². The van der Waals surface area contributed by atoms with Gasteiger partial charge in [-0.2, -0.15) is 0 Å². The first-order chi connectivity index (χ1) is 10.4. The van der Waals surface area contributed by atoms with Crippen molar-refractivity contribution in [3.8, 4) is 0 Å². The Morgan fingerprint density at radius 1 is 1.09 bits per heavy atom. The molecule has 4 unspecified atom stereocenters. The van der Waals surface area contributed by atoms with Crippen LogP contribution in [0.15, 0.2) is 0 Å². The van der Waals surface area contributed by atoms with Gasteiger partial charge in [-0.3, -0.25) is 4.79 Å². The molecule has 0 aromatic rings. The van der Waals surface area contributed by atoms with Gasteiger partial charge in [0.15, 0.2) is 5.78 Å². The minimum atomic E-state index is -0.0359. The fraction of sp³-hybridized carbons (Fsp3) is 0.947. The van der Waals surface area contributed by atoms with E-state index in [1.165, 1.54) is 32.1 Å². The maximum atomic E-state index is 12.7. The summed E-state index contributed by atoms with van der Waals surface area (Å²) in [5.74, 6) is 3.61. The molecular formula is C19H27BrO2. The molecule has 0 bridgehead atoms. The maximum Gasteiger partial charge on any atom is 0.152 e. The predicted molar refractivity (Wildman–Crippen MR) is 88.9 cm³/mol. The number of carbonyl (C=O) groups is 1. The van der Waals surface area contributed by atoms with Crippen molar-refractivity contribution < 1.29 is 9.53 Å². The van der Waals surface area contributed by atoms with Crippen LogP contribution in [-0.4, -0.2) is 22.8 Å². The number of Topliss-reactive ketones (excluding diaryl/α,β-unsaturated/α-hetero) is 1. The normalized spacial score (nSPS) is 62.7. The average Bonchev–Trinajstić information content (AvgIpc) is 3.18. The van der Waals surface area contributed by atoms with Crippen molar-refractivity contribution in [3.63, 3.8) is 0 Å². The van der Waals surface area contributed by atoms with Gasteiger partial charge in [-0.25, -0.2) is 0 Å². The highest BCUT2D eigenvalue weighted by atomic mass is 79.9. The third-order valence-corrected chi connectivity index (χ3v) is 9.40. The monoisotopic (exact) mass is 366 g/mol. The maximum absolute atomic E-state index is 12.7. The lowest BCUT2D eigenvalue weighted by molar-refractivity contribution is -0.137. The zero-order valence-corrected chi connectivity index (χ0v) is 15.3. The number of hydrogen-bond acceptors (Lipinski definition) is 2. The molecule has 0 aromatic heterocycles. The second-order valence-corrected chi connectivity index (χ2v) is 10.4. The van der Waals surface area contributed by atoms with Crippen molar-refractivity contribution in [1.82, 2.24) is 0 Å². The van der Waals surface area contributed by atoms with Crippen LogP contribution in [-0.2, 0) is 9.53 Å². The van der Waals surface area contributed by atoms with Crippen molar-refractivity contribution in [2.24, 2.45) is 34.5 Å². The fourth-order valence-electron chi connectivity index (χ4n) is 7.27. The van der Waals surface area contributed by atoms with Crippen LogP contribution >= 0.6 is 15.9 Å². The molecular weight excluding hydrogens is 340 g/mol. The predicted octanol–water partition coefficient (Wildman–Crippen LogP) is 4.35. The third-order valence-electron chi connectivity index (χ3n) is 8.61. The number of hydrogen-bond donors (Lipinski definition) is 0. The van der Waals surface area contributed by atoms with Gasteiger partial charge >= 0.3 is 0 Å². The SMILES string of the molecule is C[C@]12CC3OC3CC1CC[C@@H]1[C@H]2CC[C@]2(C)C(=O)C(Br)C[C@@H]12. The third kappa shape index (κ3) is 1.68. The van der Waals surface area contributed by atoms with E-state index in [1.54, 1.807) is 0 Å². The lowest BCUT2D eigenvalue weighted by Gasteiger charge is -2.58. The van der Waals surface area contributed by atoms with E-state index >= 15 is 0 Å². The summed E-state index contributed by atoms with van der Waals surface area (Å²) < 4.78 is 5.89. The van der Waals surface area contributed by atoms with Crippen molar-refractivity contribution >= 4 is 21.7 Å². The lowest BCUT2D eigenvalue weighted by Crippen LogP contribution is -2.53. The first kappa shape index (κ1) is 14.5. The molecule has 5 fully saturated rings. The summed E-state index contributed by atoms with van der Waals surface area (Å²) in [6, 6.07) is 0. The van der Waals surface area contributed by atoms with Crippen LogP contribution < -0.4 is 0 Å². The Kier molecular flexibility index (Phi) is 2.88. The molecule has 0 aromatic carbocycles. The Bertz CT molecular complexity index is 534. The number of ketones is 1. The standard InChI is InChI=1S/C19H27BrO2/c1-18-6-5-12-11(13(18)8-14(20)17(18)21)4-3-10-7-15-16(22-15)9-19(10,12)2/h10-16H,3-9H2,1-2H3/t10?,11-,12-,13+,14?,15?,16?,18+,19+/m1/s1. The van der Waals surface area contributed by atoms with Gasteiger partial charge < -0.3 is 4.74 Å². The van der Waals surface area contributed by atoms with Crippen molar-refractivity contribution in [2.45, 2.75) is 75.8 Å². The van der Waals surface area contributed by atoms with Gasteiger partial charge in [0.05, 0.1) is 17.0 Å². The van der Waals surface area contributed by atoms with Crippen LogP contribution in [0, 0.1) is 34.5 Å². The summed E-state index contributed by atoms with van der Waals surface area (Å²) in [7, 11) is 0. The molecule has 1 aliphatic heterocycles. The van der Waals surface area contributed by atoms with Gasteiger partial charge in [-0.1, -0.05) is 29.8 Å². The van der Waals surface area contributed by atoms with Crippen LogP contribution in [0.1, 0.15) is 58.8 Å². The topological polar surface area (TPSA) is 29.6 Å². The van der Waals surface area contributed by atoms with Crippen molar-refractivity contribution in [1.29, 1.82) is 0 Å². The highest BCUT2D eigenvalue weighted by molar-refractivity contribution is 9.10. The molecule has 0 radical (unpaired) electrons. The molecule has 5 aliphatic rings. The molecule has 4 saturated carbocycles. The molecule has 22 heavy (non-hydrogen) atoms. The van der Waals surface area contributed by atoms with E-state index < -0.39 is 0 Å². The van der Waals surface area contributed by atoms with Crippen LogP contribution in [0.2, 0.25) is 0 Å². The molecule has 0 amide bonds. The van der Waals surface area contributed by atoms with Crippen LogP contribution in [0.4, 0.5) is 0 Å². The zero-order chi connectivity index (χ0) is 15.3. The van der Waals surface area contributed by atoms with E-state index in [0.717, 1.165) is 30.6 Å². The van der Waals surface area contributed by atoms with Crippen LogP contribution in [0.5, 0.6) is 0 Å². The fourth-order valence-corrected chi connectivity index (χ4v) is 8.19. The molecule has 1 heterocycles. The number of epoxide rings is 1. The summed E-state index contributed by atoms with van der Waals surface area (Å²) in [5.41, 5.74) is 0.446. The van der Waals surface area contributed by atoms with Gasteiger partial charge in [0, 0.05) is 5.41 Å². The Hall–Kier alpha value is 0.110. The van der Waals surface area contributed by atoms with E-state index in [-0.39, 0.29) is 10.2 Å². The van der Waals surface area contributed by atoms with Gasteiger partial charge in [0.1, 0.15) is 0 Å². The Balaban J connectivity index is 1.49. The van der Waals surface area contributed by atoms with Gasteiger partial charge in [-0.05, 0) is 74.0 Å². The van der Waals surface area contributed by atoms with E-state index in [0.29, 0.717) is 29.3 Å². The second kappa shape index (κ2) is 4.39. The smallest absolute Gasteiger partial charge is 0.152 e. The number of carbonyl (C=O) groups excluding carboxylic acids is 1. The van der Waals surface area contributed by atoms with E-state index in [9.17, 15) is 4.79 Å². The number of rotatable bonds is 0. The van der Waals surface area contributed by atoms with Gasteiger partial charge in [0.2, 0.25) is 0 Å². The molecule has 9 atom stereocenters. The Morgan fingerprint density at radius 3 is 2.73 bits per heavy atom. The Morgan fingerprint density at radius 2 is 1.91 bits per heavy atom. The number of halogens is 1. The summed E-state index contributed by atoms with van der Waals surface area (Å²) >= 11 is 3.67. The minimum absolute atomic E-state index is 0.0359. The number of alkyl halides is 1. The molecule has 0 spiro atoms. The molecule has 4 aliphatic carbocycles. The molecule has 3 heteroatoms. The summed E-state index contributed by atoms with van der Waals surface area (Å²) in [4.78, 5) is 12.8. The first-order valence-corrected chi connectivity index (χ1v) is 10.2. The van der Waals surface area contributed by atoms with E-state index in [4.69, 9.17) is 4.74 Å². The highest BCUT2D eigenvalue weighted by Gasteiger charge is 2.64. The largest absolute Gasteiger partial charge is 0.370 e. The van der Waals surface area contributed by atoms with Crippen molar-refractivity contribution in [2.75, 3.05) is 0 Å². The first-order valence-electron chi connectivity index (χ1n) is 9.27. The highest BCUT2D eigenvalue weighted by Crippen LogP contribution is 2.67. The second-order valence-electron chi connectivity index (χ2n) is 9.33. The van der Waals surface area contributed by atoms with Crippen LogP contribution in [0.25, 0.3) is 0 Å². The molecule has 1 saturated heterocycles. The van der Waals surface area contributed by atoms with Gasteiger partial charge in [-0.15, -0.1) is 0 Å². The van der Waals surface area contributed by atoms with Crippen molar-refractivity contribution in [3.05, 3.63) is 0 Å². The zero-order valence-electron chi connectivity index (χ0n) is 13.7. The molecule has 2 nitrogen and oxygen atoms in total. The lowest BCUT2D eigenvalue weighted by atomic mass is 9.45. The van der Waals surface area contributed by atoms with E-state index in [2.05, 4.69) is 29.8 Å². The van der Waals surface area contributed by atoms with E-state index in [1.807, 2.05) is 0 Å². The summed E-state index contributed by atoms with van der Waals surface area (Å²) in [6.07, 6.45) is 9.98. The molecule has 5 rings (SSSR count). The summed E-state index contributed by atoms with van der Waals surface area (Å²) in [6.45, 7) is 4.84. The molecule has 122 valence electrons. The minimum Gasteiger partial charge on any atom is -0.370 e.